The largest absolute Gasteiger partial charge is 0.497 e. The summed E-state index contributed by atoms with van der Waals surface area (Å²) in [6.07, 6.45) is 0. The normalized spacial score (nSPS) is 11.4. The number of ether oxygens (including phenoxy) is 1. The molecule has 3 aromatic carbocycles. The number of carbonyl (C=O) groups is 1. The van der Waals surface area contributed by atoms with Crippen LogP contribution in [0.3, 0.4) is 0 Å². The van der Waals surface area contributed by atoms with Crippen LogP contribution in [0.2, 0.25) is 0 Å². The lowest BCUT2D eigenvalue weighted by molar-refractivity contribution is 0.102. The van der Waals surface area contributed by atoms with Gasteiger partial charge < -0.3 is 10.1 Å². The van der Waals surface area contributed by atoms with Gasteiger partial charge in [0.25, 0.3) is 15.9 Å². The van der Waals surface area contributed by atoms with Crippen molar-refractivity contribution in [1.82, 2.24) is 4.98 Å². The maximum atomic E-state index is 13.2. The number of fused-ring (bicyclic) bond motifs is 1. The first-order valence-corrected chi connectivity index (χ1v) is 14.4. The van der Waals surface area contributed by atoms with Crippen molar-refractivity contribution in [1.29, 1.82) is 0 Å². The predicted octanol–water partition coefficient (Wildman–Crippen LogP) is 6.70. The Morgan fingerprint density at radius 1 is 0.946 bits per heavy atom. The average molecular weight is 550 g/mol. The Bertz CT molecular complexity index is 1690. The number of rotatable bonds is 7. The molecule has 0 unspecified atom stereocenters. The quantitative estimate of drug-likeness (QED) is 0.235. The van der Waals surface area contributed by atoms with Crippen LogP contribution in [-0.4, -0.2) is 26.4 Å². The molecule has 0 atom stereocenters. The average Bonchev–Trinajstić information content (AvgIpc) is 3.43. The van der Waals surface area contributed by atoms with Gasteiger partial charge in [-0.3, -0.25) is 9.52 Å². The van der Waals surface area contributed by atoms with Gasteiger partial charge in [0.15, 0.2) is 0 Å². The fourth-order valence-electron chi connectivity index (χ4n) is 3.82. The first-order chi connectivity index (χ1) is 17.7. The van der Waals surface area contributed by atoms with Gasteiger partial charge in [0, 0.05) is 21.7 Å². The molecule has 7 nitrogen and oxygen atoms in total. The molecular formula is C27H23N3O4S3. The number of hydrogen-bond acceptors (Lipinski definition) is 7. The molecule has 0 spiro atoms. The highest BCUT2D eigenvalue weighted by molar-refractivity contribution is 7.92. The van der Waals surface area contributed by atoms with Crippen LogP contribution in [0.1, 0.15) is 20.8 Å². The number of benzene rings is 3. The molecule has 188 valence electrons. The molecule has 0 aliphatic rings. The molecule has 0 saturated heterocycles. The zero-order valence-corrected chi connectivity index (χ0v) is 22.7. The first kappa shape index (κ1) is 24.9. The van der Waals surface area contributed by atoms with Crippen molar-refractivity contribution < 1.29 is 17.9 Å². The second-order valence-corrected chi connectivity index (χ2v) is 12.2. The third-order valence-electron chi connectivity index (χ3n) is 5.87. The Hall–Kier alpha value is -3.73. The van der Waals surface area contributed by atoms with Crippen LogP contribution in [-0.2, 0) is 10.0 Å². The number of hydrogen-bond donors (Lipinski definition) is 2. The number of aromatic nitrogens is 1. The minimum Gasteiger partial charge on any atom is -0.497 e. The second kappa shape index (κ2) is 9.97. The van der Waals surface area contributed by atoms with Gasteiger partial charge in [0.1, 0.15) is 15.8 Å². The molecule has 0 fully saturated rings. The maximum Gasteiger partial charge on any atom is 0.261 e. The molecule has 2 N–H and O–H groups in total. The summed E-state index contributed by atoms with van der Waals surface area (Å²) in [5, 5.41) is 4.58. The molecule has 5 rings (SSSR count). The van der Waals surface area contributed by atoms with Crippen LogP contribution in [0.4, 0.5) is 10.7 Å². The van der Waals surface area contributed by atoms with Crippen LogP contribution in [0.15, 0.2) is 77.7 Å². The van der Waals surface area contributed by atoms with Gasteiger partial charge in [-0.2, -0.15) is 0 Å². The molecule has 37 heavy (non-hydrogen) atoms. The zero-order valence-electron chi connectivity index (χ0n) is 20.2. The number of nitrogens with one attached hydrogen (secondary N) is 2. The Labute approximate surface area is 222 Å². The summed E-state index contributed by atoms with van der Waals surface area (Å²) in [7, 11) is -2.33. The smallest absolute Gasteiger partial charge is 0.261 e. The minimum absolute atomic E-state index is 0.0909. The van der Waals surface area contributed by atoms with Crippen LogP contribution in [0, 0.1) is 13.8 Å². The molecule has 2 aromatic heterocycles. The Kier molecular flexibility index (Phi) is 6.72. The lowest BCUT2D eigenvalue weighted by Crippen LogP contribution is -2.15. The van der Waals surface area contributed by atoms with Crippen molar-refractivity contribution in [3.8, 4) is 16.3 Å². The number of thiophene rings is 1. The number of para-hydroxylation sites is 1. The van der Waals surface area contributed by atoms with E-state index in [1.165, 1.54) is 36.6 Å². The number of anilines is 2. The Morgan fingerprint density at radius 3 is 2.43 bits per heavy atom. The number of sulfonamides is 1. The van der Waals surface area contributed by atoms with E-state index in [9.17, 15) is 13.2 Å². The summed E-state index contributed by atoms with van der Waals surface area (Å²) < 4.78 is 34.4. The number of thiazole rings is 1. The van der Waals surface area contributed by atoms with Crippen LogP contribution >= 0.6 is 22.7 Å². The van der Waals surface area contributed by atoms with Gasteiger partial charge in [-0.05, 0) is 74.0 Å². The van der Waals surface area contributed by atoms with E-state index >= 15 is 0 Å². The number of carbonyl (C=O) groups excluding carboxylic acids is 1. The number of amides is 1. The molecule has 0 saturated carbocycles. The van der Waals surface area contributed by atoms with E-state index in [4.69, 9.17) is 9.72 Å². The Morgan fingerprint density at radius 2 is 1.70 bits per heavy atom. The maximum absolute atomic E-state index is 13.2. The topological polar surface area (TPSA) is 97.4 Å². The van der Waals surface area contributed by atoms with Gasteiger partial charge in [0.05, 0.1) is 22.2 Å². The lowest BCUT2D eigenvalue weighted by atomic mass is 10.1. The molecule has 0 bridgehead atoms. The van der Waals surface area contributed by atoms with Crippen molar-refractivity contribution in [3.05, 3.63) is 88.8 Å². The van der Waals surface area contributed by atoms with Crippen LogP contribution in [0.25, 0.3) is 20.8 Å². The molecule has 0 aliphatic heterocycles. The summed E-state index contributed by atoms with van der Waals surface area (Å²) in [6.45, 7) is 4.04. The van der Waals surface area contributed by atoms with E-state index in [1.807, 2.05) is 38.1 Å². The standard InChI is InChI=1S/C27H23N3O4S3/c1-16-17(2)35-27(24(16)26-28-22-9-4-5-10-23(22)36-26)29-25(31)18-7-6-8-19(15-18)30-37(32,33)21-13-11-20(34-3)12-14-21/h4-15,30H,1-3H3,(H,29,31). The highest BCUT2D eigenvalue weighted by Gasteiger charge is 2.21. The molecule has 2 heterocycles. The minimum atomic E-state index is -3.84. The first-order valence-electron chi connectivity index (χ1n) is 11.3. The fourth-order valence-corrected chi connectivity index (χ4v) is 7.07. The van der Waals surface area contributed by atoms with E-state index in [0.717, 1.165) is 31.2 Å². The monoisotopic (exact) mass is 549 g/mol. The third-order valence-corrected chi connectivity index (χ3v) is 9.44. The third kappa shape index (κ3) is 5.08. The van der Waals surface area contributed by atoms with Gasteiger partial charge in [0.2, 0.25) is 0 Å². The van der Waals surface area contributed by atoms with Gasteiger partial charge in [-0.25, -0.2) is 13.4 Å². The summed E-state index contributed by atoms with van der Waals surface area (Å²) in [4.78, 5) is 19.2. The highest BCUT2D eigenvalue weighted by atomic mass is 32.2. The van der Waals surface area contributed by atoms with Crippen molar-refractivity contribution in [2.24, 2.45) is 0 Å². The van der Waals surface area contributed by atoms with E-state index in [0.29, 0.717) is 16.3 Å². The predicted molar refractivity (Wildman–Crippen MR) is 151 cm³/mol. The fraction of sp³-hybridized carbons (Fsp3) is 0.111. The van der Waals surface area contributed by atoms with Crippen molar-refractivity contribution in [2.75, 3.05) is 17.1 Å². The summed E-state index contributed by atoms with van der Waals surface area (Å²) in [5.41, 5.74) is 3.51. The van der Waals surface area contributed by atoms with E-state index in [-0.39, 0.29) is 16.5 Å². The van der Waals surface area contributed by atoms with Gasteiger partial charge in [-0.15, -0.1) is 22.7 Å². The Balaban J connectivity index is 1.40. The number of methoxy groups -OCH3 is 1. The molecular weight excluding hydrogens is 527 g/mol. The SMILES string of the molecule is COc1ccc(S(=O)(=O)Nc2cccc(C(=O)Nc3sc(C)c(C)c3-c3nc4ccccc4s3)c2)cc1. The molecule has 0 aliphatic carbocycles. The van der Waals surface area contributed by atoms with Crippen LogP contribution in [0.5, 0.6) is 5.75 Å². The van der Waals surface area contributed by atoms with E-state index in [2.05, 4.69) is 10.0 Å². The second-order valence-electron chi connectivity index (χ2n) is 8.29. The van der Waals surface area contributed by atoms with E-state index in [1.54, 1.807) is 41.7 Å². The number of aryl methyl sites for hydroxylation is 1. The molecule has 5 aromatic rings. The van der Waals surface area contributed by atoms with Crippen molar-refractivity contribution in [2.45, 2.75) is 18.7 Å². The van der Waals surface area contributed by atoms with Gasteiger partial charge >= 0.3 is 0 Å². The lowest BCUT2D eigenvalue weighted by Gasteiger charge is -2.11. The highest BCUT2D eigenvalue weighted by Crippen LogP contribution is 2.43. The van der Waals surface area contributed by atoms with E-state index < -0.39 is 10.0 Å². The summed E-state index contributed by atoms with van der Waals surface area (Å²) >= 11 is 3.08. The van der Waals surface area contributed by atoms with Crippen molar-refractivity contribution in [3.63, 3.8) is 0 Å². The zero-order chi connectivity index (χ0) is 26.2. The summed E-state index contributed by atoms with van der Waals surface area (Å²) in [5.74, 6) is 0.219. The molecule has 1 amide bonds. The van der Waals surface area contributed by atoms with Crippen molar-refractivity contribution >= 4 is 59.5 Å². The number of nitrogens with zero attached hydrogens (tertiary/aromatic N) is 1. The molecule has 0 radical (unpaired) electrons. The van der Waals surface area contributed by atoms with Crippen LogP contribution < -0.4 is 14.8 Å². The molecule has 10 heteroatoms. The summed E-state index contributed by atoms with van der Waals surface area (Å²) in [6, 6.07) is 20.4. The van der Waals surface area contributed by atoms with Gasteiger partial charge in [-0.1, -0.05) is 18.2 Å².